The quantitative estimate of drug-likeness (QED) is 0.0210. The minimum Gasteiger partial charge on any atom is -0.480 e. The third kappa shape index (κ3) is 17.1. The molecule has 0 saturated carbocycles. The van der Waals surface area contributed by atoms with Crippen LogP contribution in [0.15, 0.2) is 70.6 Å². The Hall–Kier alpha value is -8.27. The average molecular weight is 1060 g/mol. The molecular weight excluding hydrogens is 991 g/mol. The number of urea groups is 2. The lowest BCUT2D eigenvalue weighted by molar-refractivity contribution is -0.144. The fourth-order valence-corrected chi connectivity index (χ4v) is 8.96. The van der Waals surface area contributed by atoms with Crippen molar-refractivity contribution in [1.29, 1.82) is 0 Å². The molecule has 76 heavy (non-hydrogen) atoms. The fraction of sp³-hybridized carbons (Fsp3) is 0.521. The first-order chi connectivity index (χ1) is 36.4. The maximum absolute atomic E-state index is 14.1. The van der Waals surface area contributed by atoms with Crippen molar-refractivity contribution in [2.45, 2.75) is 107 Å². The summed E-state index contributed by atoms with van der Waals surface area (Å²) in [5.74, 6) is -6.02. The SMILES string of the molecule is NC(N)=NCCC[C@@H](N)C(=O)N1CCCN1C(=O)N1CCC[C@@H]1C(=O)NCC(=O)NC(Cc1ccccc1)C(=O)N[C@@H](CO)C(=O)N1CCC[C@@H]1C(=O)NN(Cc1ccccc1)C(=O)N[C@H](CCCN=C(N)N)C(=O)O. The fourth-order valence-electron chi connectivity index (χ4n) is 8.96. The van der Waals surface area contributed by atoms with Gasteiger partial charge >= 0.3 is 18.0 Å². The van der Waals surface area contributed by atoms with E-state index in [1.165, 1.54) is 14.9 Å². The second-order valence-electron chi connectivity index (χ2n) is 18.4. The lowest BCUT2D eigenvalue weighted by Gasteiger charge is -2.34. The number of carboxylic acids is 1. The van der Waals surface area contributed by atoms with E-state index in [0.29, 0.717) is 36.8 Å². The van der Waals surface area contributed by atoms with Crippen LogP contribution in [0, 0.1) is 0 Å². The molecule has 0 aliphatic carbocycles. The van der Waals surface area contributed by atoms with Crippen LogP contribution in [0.5, 0.6) is 0 Å². The Morgan fingerprint density at radius 2 is 1.24 bits per heavy atom. The zero-order valence-corrected chi connectivity index (χ0v) is 42.3. The molecule has 3 aliphatic rings. The molecule has 10 amide bonds. The number of aliphatic carboxylic acids is 1. The van der Waals surface area contributed by atoms with Crippen molar-refractivity contribution in [2.75, 3.05) is 52.4 Å². The molecule has 6 atom stereocenters. The van der Waals surface area contributed by atoms with E-state index in [0.717, 1.165) is 9.91 Å². The molecule has 17 N–H and O–H groups in total. The summed E-state index contributed by atoms with van der Waals surface area (Å²) in [6.07, 6.45) is 2.48. The number of nitrogens with one attached hydrogen (secondary N) is 5. The molecule has 28 nitrogen and oxygen atoms in total. The number of hydrogen-bond donors (Lipinski definition) is 12. The van der Waals surface area contributed by atoms with Crippen molar-refractivity contribution in [3.05, 3.63) is 71.8 Å². The maximum Gasteiger partial charge on any atom is 0.339 e. The van der Waals surface area contributed by atoms with E-state index in [-0.39, 0.29) is 96.3 Å². The van der Waals surface area contributed by atoms with Crippen LogP contribution in [0.25, 0.3) is 0 Å². The minimum absolute atomic E-state index is 0.0321. The van der Waals surface area contributed by atoms with E-state index in [1.54, 1.807) is 60.7 Å². The molecule has 3 saturated heterocycles. The number of carboxylic acid groups (broad SMARTS) is 1. The van der Waals surface area contributed by atoms with Gasteiger partial charge in [-0.1, -0.05) is 60.7 Å². The highest BCUT2D eigenvalue weighted by molar-refractivity contribution is 5.96. The Bertz CT molecular complexity index is 2410. The predicted molar refractivity (Wildman–Crippen MR) is 275 cm³/mol. The van der Waals surface area contributed by atoms with Gasteiger partial charge in [-0.3, -0.25) is 44.2 Å². The van der Waals surface area contributed by atoms with Gasteiger partial charge in [0.25, 0.3) is 11.8 Å². The number of guanidine groups is 2. The van der Waals surface area contributed by atoms with Crippen LogP contribution in [0.2, 0.25) is 0 Å². The van der Waals surface area contributed by atoms with E-state index in [2.05, 4.69) is 36.7 Å². The minimum atomic E-state index is -1.60. The number of benzene rings is 2. The number of amides is 10. The highest BCUT2D eigenvalue weighted by atomic mass is 16.4. The normalized spacial score (nSPS) is 17.6. The lowest BCUT2D eigenvalue weighted by Crippen LogP contribution is -2.60. The molecule has 2 aromatic carbocycles. The number of nitrogens with two attached hydrogens (primary N) is 5. The first-order valence-corrected chi connectivity index (χ1v) is 25.1. The number of carbonyl (C=O) groups excluding carboxylic acids is 8. The van der Waals surface area contributed by atoms with Gasteiger partial charge in [0, 0.05) is 45.7 Å². The van der Waals surface area contributed by atoms with Gasteiger partial charge in [0.1, 0.15) is 30.2 Å². The van der Waals surface area contributed by atoms with Crippen LogP contribution < -0.4 is 55.4 Å². The summed E-state index contributed by atoms with van der Waals surface area (Å²) < 4.78 is 0. The largest absolute Gasteiger partial charge is 0.480 e. The van der Waals surface area contributed by atoms with Crippen molar-refractivity contribution in [1.82, 2.24) is 51.5 Å². The van der Waals surface area contributed by atoms with Gasteiger partial charge in [-0.25, -0.2) is 29.4 Å². The molecule has 3 fully saturated rings. The molecule has 1 unspecified atom stereocenters. The van der Waals surface area contributed by atoms with Crippen molar-refractivity contribution >= 4 is 65.4 Å². The smallest absolute Gasteiger partial charge is 0.339 e. The standard InChI is InChI=1S/C48H71N17O11/c49-32(16-7-20-54-45(50)51)42(71)64-24-11-25-65(64)48(76)62-23-10-18-36(62)40(69)56-27-38(67)57-34(26-30-12-3-1-4-13-30)39(68)58-35(29-66)43(72)61-22-9-19-37(61)41(70)60-63(28-31-14-5-2-6-15-31)47(75)59-33(44(73)74)17-8-21-55-46(52)53/h1-6,12-15,32-37,66H,7-11,16-29,49H2,(H,56,69)(H,57,67)(H,58,68)(H,59,75)(H,60,70)(H,73,74)(H4,50,51,54)(H4,52,53,55)/t32-,33-,34?,35+,36-,37-/m1/s1. The molecule has 0 bridgehead atoms. The number of aliphatic imine (C=N–C) groups is 2. The van der Waals surface area contributed by atoms with Crippen molar-refractivity contribution in [3.8, 4) is 0 Å². The first kappa shape index (κ1) is 58.6. The van der Waals surface area contributed by atoms with Gasteiger partial charge in [-0.15, -0.1) is 0 Å². The van der Waals surface area contributed by atoms with Crippen LogP contribution in [0.3, 0.4) is 0 Å². The molecule has 0 aromatic heterocycles. The Labute approximate surface area is 439 Å². The van der Waals surface area contributed by atoms with Gasteiger partial charge in [0.2, 0.25) is 23.6 Å². The zero-order chi connectivity index (χ0) is 55.3. The molecule has 2 aromatic rings. The Kier molecular flexibility index (Phi) is 22.4. The van der Waals surface area contributed by atoms with Crippen LogP contribution in [0.1, 0.15) is 68.9 Å². The number of nitrogens with zero attached hydrogens (tertiary/aromatic N) is 7. The van der Waals surface area contributed by atoms with E-state index in [1.807, 2.05) is 0 Å². The highest BCUT2D eigenvalue weighted by Gasteiger charge is 2.42. The molecule has 28 heteroatoms. The van der Waals surface area contributed by atoms with E-state index in [9.17, 15) is 53.4 Å². The molecule has 5 rings (SSSR count). The second kappa shape index (κ2) is 29.0. The molecule has 414 valence electrons. The third-order valence-corrected chi connectivity index (χ3v) is 12.8. The van der Waals surface area contributed by atoms with Crippen molar-refractivity contribution in [2.24, 2.45) is 38.7 Å². The number of hydrogen-bond acceptors (Lipinski definition) is 13. The van der Waals surface area contributed by atoms with E-state index in [4.69, 9.17) is 28.7 Å². The Balaban J connectivity index is 1.21. The molecular formula is C48H71N17O11. The summed E-state index contributed by atoms with van der Waals surface area (Å²) in [5.41, 5.74) is 31.3. The zero-order valence-electron chi connectivity index (χ0n) is 42.3. The number of aliphatic hydroxyl groups excluding tert-OH is 1. The number of rotatable bonds is 24. The van der Waals surface area contributed by atoms with Crippen LogP contribution in [-0.2, 0) is 46.5 Å². The molecule has 0 radical (unpaired) electrons. The lowest BCUT2D eigenvalue weighted by atomic mass is 10.0. The number of hydrazine groups is 2. The molecule has 0 spiro atoms. The van der Waals surface area contributed by atoms with Gasteiger partial charge in [-0.05, 0) is 68.9 Å². The monoisotopic (exact) mass is 1060 g/mol. The second-order valence-corrected chi connectivity index (χ2v) is 18.4. The van der Waals surface area contributed by atoms with Crippen molar-refractivity contribution < 1.29 is 53.4 Å². The Morgan fingerprint density at radius 3 is 1.84 bits per heavy atom. The summed E-state index contributed by atoms with van der Waals surface area (Å²) in [4.78, 5) is 132. The maximum atomic E-state index is 14.1. The summed E-state index contributed by atoms with van der Waals surface area (Å²) in [6, 6.07) is 8.16. The molecule has 3 aliphatic heterocycles. The number of aliphatic hydroxyl groups is 1. The third-order valence-electron chi connectivity index (χ3n) is 12.8. The van der Waals surface area contributed by atoms with Gasteiger partial charge < -0.3 is 69.9 Å². The summed E-state index contributed by atoms with van der Waals surface area (Å²) in [6.45, 7) is -0.623. The Morgan fingerprint density at radius 1 is 0.658 bits per heavy atom. The van der Waals surface area contributed by atoms with Gasteiger partial charge in [-0.2, -0.15) is 0 Å². The first-order valence-electron chi connectivity index (χ1n) is 25.1. The summed E-state index contributed by atoms with van der Waals surface area (Å²) in [7, 11) is 0. The van der Waals surface area contributed by atoms with Gasteiger partial charge in [0.15, 0.2) is 11.9 Å². The van der Waals surface area contributed by atoms with Crippen LogP contribution >= 0.6 is 0 Å². The summed E-state index contributed by atoms with van der Waals surface area (Å²) >= 11 is 0. The number of likely N-dealkylation sites (tertiary alicyclic amines) is 2. The number of carbonyl (C=O) groups is 9. The van der Waals surface area contributed by atoms with Crippen LogP contribution in [-0.4, -0.2) is 189 Å². The molecule has 3 heterocycles. The predicted octanol–water partition coefficient (Wildman–Crippen LogP) is -3.54. The summed E-state index contributed by atoms with van der Waals surface area (Å²) in [5, 5.41) is 33.9. The highest BCUT2D eigenvalue weighted by Crippen LogP contribution is 2.24. The van der Waals surface area contributed by atoms with E-state index < -0.39 is 103 Å². The average Bonchev–Trinajstić information content (AvgIpc) is 4.22. The van der Waals surface area contributed by atoms with Gasteiger partial charge in [0.05, 0.1) is 25.7 Å². The topological polar surface area (TPSA) is 425 Å². The van der Waals surface area contributed by atoms with E-state index >= 15 is 0 Å². The van der Waals surface area contributed by atoms with Crippen LogP contribution in [0.4, 0.5) is 9.59 Å². The van der Waals surface area contributed by atoms with Crippen molar-refractivity contribution in [3.63, 3.8) is 0 Å².